The van der Waals surface area contributed by atoms with Crippen molar-refractivity contribution in [1.29, 1.82) is 0 Å². The highest BCUT2D eigenvalue weighted by Gasteiger charge is 2.28. The molecule has 0 saturated carbocycles. The number of anilines is 1. The normalized spacial score (nSPS) is 16.6. The maximum Gasteiger partial charge on any atom is 0.317 e. The van der Waals surface area contributed by atoms with Crippen LogP contribution in [0.25, 0.3) is 0 Å². The van der Waals surface area contributed by atoms with Gasteiger partial charge in [-0.2, -0.15) is 0 Å². The summed E-state index contributed by atoms with van der Waals surface area (Å²) in [5, 5.41) is 15.5. The van der Waals surface area contributed by atoms with E-state index in [2.05, 4.69) is 20.8 Å². The van der Waals surface area contributed by atoms with Gasteiger partial charge in [0.2, 0.25) is 5.01 Å². The fourth-order valence-corrected chi connectivity index (χ4v) is 3.93. The van der Waals surface area contributed by atoms with Crippen LogP contribution in [0.5, 0.6) is 0 Å². The van der Waals surface area contributed by atoms with Crippen LogP contribution in [0, 0.1) is 0 Å². The third kappa shape index (κ3) is 5.40. The van der Waals surface area contributed by atoms with Gasteiger partial charge < -0.3 is 20.3 Å². The van der Waals surface area contributed by atoms with Crippen molar-refractivity contribution < 1.29 is 14.3 Å². The van der Waals surface area contributed by atoms with Crippen LogP contribution >= 0.6 is 22.9 Å². The molecule has 1 aromatic heterocycles. The molecule has 0 aliphatic carbocycles. The molecule has 1 aromatic carbocycles. The van der Waals surface area contributed by atoms with Gasteiger partial charge in [0.15, 0.2) is 0 Å². The van der Waals surface area contributed by atoms with Gasteiger partial charge in [-0.1, -0.05) is 22.9 Å². The first-order valence-corrected chi connectivity index (χ1v) is 10.2. The van der Waals surface area contributed by atoms with Gasteiger partial charge in [-0.25, -0.2) is 4.79 Å². The van der Waals surface area contributed by atoms with Crippen LogP contribution in [0.4, 0.5) is 10.5 Å². The van der Waals surface area contributed by atoms with Crippen molar-refractivity contribution in [3.05, 3.63) is 39.3 Å². The Balaban J connectivity index is 1.58. The lowest BCUT2D eigenvalue weighted by Gasteiger charge is -2.31. The van der Waals surface area contributed by atoms with E-state index < -0.39 is 0 Å². The predicted molar refractivity (Wildman–Crippen MR) is 108 cm³/mol. The first-order valence-electron chi connectivity index (χ1n) is 8.99. The maximum absolute atomic E-state index is 12.4. The van der Waals surface area contributed by atoms with Crippen LogP contribution in [0.3, 0.4) is 0 Å². The van der Waals surface area contributed by atoms with E-state index in [1.807, 2.05) is 0 Å². The maximum atomic E-state index is 12.4. The minimum atomic E-state index is -0.309. The Labute approximate surface area is 172 Å². The van der Waals surface area contributed by atoms with Gasteiger partial charge in [0.25, 0.3) is 5.91 Å². The lowest BCUT2D eigenvalue weighted by molar-refractivity contribution is 0.102. The fraction of sp³-hybridized carbons (Fsp3) is 0.444. The second kappa shape index (κ2) is 9.81. The first-order chi connectivity index (χ1) is 13.6. The summed E-state index contributed by atoms with van der Waals surface area (Å²) in [6, 6.07) is 6.76. The van der Waals surface area contributed by atoms with Gasteiger partial charge in [0.05, 0.1) is 6.61 Å². The Bertz CT molecular complexity index is 814. The van der Waals surface area contributed by atoms with Crippen molar-refractivity contribution in [2.24, 2.45) is 0 Å². The first kappa shape index (κ1) is 20.5. The minimum Gasteiger partial charge on any atom is -0.383 e. The molecule has 0 radical (unpaired) electrons. The number of hydrogen-bond donors (Lipinski definition) is 2. The topological polar surface area (TPSA) is 96.4 Å². The molecule has 2 aromatic rings. The number of hydrogen-bond acceptors (Lipinski definition) is 6. The van der Waals surface area contributed by atoms with E-state index in [1.165, 1.54) is 11.3 Å². The molecular formula is C18H22ClN5O3S. The average Bonchev–Trinajstić information content (AvgIpc) is 3.20. The number of urea groups is 1. The summed E-state index contributed by atoms with van der Waals surface area (Å²) in [4.78, 5) is 26.4. The van der Waals surface area contributed by atoms with Crippen molar-refractivity contribution in [3.63, 3.8) is 0 Å². The number of nitrogens with zero attached hydrogens (tertiary/aromatic N) is 3. The van der Waals surface area contributed by atoms with E-state index in [-0.39, 0.29) is 17.9 Å². The van der Waals surface area contributed by atoms with E-state index >= 15 is 0 Å². The van der Waals surface area contributed by atoms with Crippen molar-refractivity contribution in [2.45, 2.75) is 18.8 Å². The molecule has 1 aliphatic heterocycles. The zero-order valence-electron chi connectivity index (χ0n) is 15.5. The van der Waals surface area contributed by atoms with E-state index in [1.54, 1.807) is 36.3 Å². The molecule has 8 nitrogen and oxygen atoms in total. The van der Waals surface area contributed by atoms with Crippen LogP contribution in [-0.2, 0) is 4.74 Å². The quantitative estimate of drug-likeness (QED) is 0.696. The average molecular weight is 424 g/mol. The second-order valence-electron chi connectivity index (χ2n) is 6.42. The Morgan fingerprint density at radius 2 is 2.11 bits per heavy atom. The Kier molecular flexibility index (Phi) is 7.18. The molecule has 10 heteroatoms. The third-order valence-electron chi connectivity index (χ3n) is 4.38. The summed E-state index contributed by atoms with van der Waals surface area (Å²) in [6.07, 6.45) is 1.80. The number of halogens is 1. The number of likely N-dealkylation sites (tertiary alicyclic amines) is 1. The molecule has 150 valence electrons. The van der Waals surface area contributed by atoms with Crippen LogP contribution < -0.4 is 10.6 Å². The molecule has 3 amide bonds. The zero-order valence-corrected chi connectivity index (χ0v) is 17.1. The summed E-state index contributed by atoms with van der Waals surface area (Å²) in [6.45, 7) is 2.22. The zero-order chi connectivity index (χ0) is 19.9. The third-order valence-corrected chi connectivity index (χ3v) is 5.71. The van der Waals surface area contributed by atoms with Gasteiger partial charge in [-0.3, -0.25) is 4.79 Å². The summed E-state index contributed by atoms with van der Waals surface area (Å²) >= 11 is 7.12. The lowest BCUT2D eigenvalue weighted by atomic mass is 9.99. The van der Waals surface area contributed by atoms with Crippen molar-refractivity contribution in [3.8, 4) is 0 Å². The summed E-state index contributed by atoms with van der Waals surface area (Å²) < 4.78 is 4.95. The predicted octanol–water partition coefficient (Wildman–Crippen LogP) is 2.98. The molecule has 1 unspecified atom stereocenters. The van der Waals surface area contributed by atoms with E-state index in [9.17, 15) is 9.59 Å². The molecule has 0 spiro atoms. The molecule has 1 saturated heterocycles. The highest BCUT2D eigenvalue weighted by Crippen LogP contribution is 2.29. The number of rotatable bonds is 6. The molecule has 0 bridgehead atoms. The summed E-state index contributed by atoms with van der Waals surface area (Å²) in [5.74, 6) is -0.229. The van der Waals surface area contributed by atoms with Crippen LogP contribution in [0.15, 0.2) is 24.3 Å². The van der Waals surface area contributed by atoms with Crippen molar-refractivity contribution in [2.75, 3.05) is 38.7 Å². The Morgan fingerprint density at radius 3 is 2.86 bits per heavy atom. The Hall–Kier alpha value is -2.23. The molecule has 3 rings (SSSR count). The Morgan fingerprint density at radius 1 is 1.32 bits per heavy atom. The molecule has 2 heterocycles. The number of amides is 3. The number of carbonyl (C=O) groups is 2. The van der Waals surface area contributed by atoms with Gasteiger partial charge in [0.1, 0.15) is 5.01 Å². The van der Waals surface area contributed by atoms with Gasteiger partial charge in [0, 0.05) is 43.4 Å². The van der Waals surface area contributed by atoms with Gasteiger partial charge in [-0.15, -0.1) is 10.2 Å². The monoisotopic (exact) mass is 423 g/mol. The van der Waals surface area contributed by atoms with Crippen molar-refractivity contribution in [1.82, 2.24) is 20.4 Å². The van der Waals surface area contributed by atoms with Gasteiger partial charge >= 0.3 is 6.03 Å². The largest absolute Gasteiger partial charge is 0.383 e. The lowest BCUT2D eigenvalue weighted by Crippen LogP contribution is -2.45. The number of nitrogens with one attached hydrogen (secondary N) is 2. The number of methoxy groups -OCH3 is 1. The van der Waals surface area contributed by atoms with E-state index in [4.69, 9.17) is 16.3 Å². The summed E-state index contributed by atoms with van der Waals surface area (Å²) in [5.41, 5.74) is 0.641. The molecule has 2 N–H and O–H groups in total. The molecule has 1 fully saturated rings. The molecule has 28 heavy (non-hydrogen) atoms. The van der Waals surface area contributed by atoms with E-state index in [0.29, 0.717) is 42.0 Å². The SMILES string of the molecule is COCCNC(=O)N1CCCC(c2nnc(C(=O)Nc3ccc(Cl)cc3)s2)C1. The highest BCUT2D eigenvalue weighted by atomic mass is 35.5. The van der Waals surface area contributed by atoms with Crippen LogP contribution in [0.1, 0.15) is 33.6 Å². The van der Waals surface area contributed by atoms with Gasteiger partial charge in [-0.05, 0) is 37.1 Å². The van der Waals surface area contributed by atoms with Crippen LogP contribution in [-0.4, -0.2) is 60.4 Å². The number of aromatic nitrogens is 2. The molecular weight excluding hydrogens is 402 g/mol. The highest BCUT2D eigenvalue weighted by molar-refractivity contribution is 7.13. The number of benzene rings is 1. The van der Waals surface area contributed by atoms with Crippen molar-refractivity contribution >= 4 is 40.6 Å². The fourth-order valence-electron chi connectivity index (χ4n) is 2.94. The van der Waals surface area contributed by atoms with Crippen LogP contribution in [0.2, 0.25) is 5.02 Å². The standard InChI is InChI=1S/C18H22ClN5O3S/c1-27-10-8-20-18(26)24-9-2-3-12(11-24)16-22-23-17(28-16)15(25)21-14-6-4-13(19)5-7-14/h4-7,12H,2-3,8-11H2,1H3,(H,20,26)(H,21,25). The smallest absolute Gasteiger partial charge is 0.317 e. The molecule has 1 aliphatic rings. The molecule has 1 atom stereocenters. The number of ether oxygens (including phenoxy) is 1. The summed E-state index contributed by atoms with van der Waals surface area (Å²) in [7, 11) is 1.60. The number of carbonyl (C=O) groups excluding carboxylic acids is 2. The second-order valence-corrected chi connectivity index (χ2v) is 7.86. The van der Waals surface area contributed by atoms with E-state index in [0.717, 1.165) is 17.8 Å². The number of piperidine rings is 1. The minimum absolute atomic E-state index is 0.0801.